The van der Waals surface area contributed by atoms with Gasteiger partial charge in [-0.05, 0) is 87.5 Å². The molecule has 0 atom stereocenters. The van der Waals surface area contributed by atoms with Gasteiger partial charge in [0.05, 0.1) is 11.4 Å². The van der Waals surface area contributed by atoms with E-state index < -0.39 is 0 Å². The van der Waals surface area contributed by atoms with Crippen LogP contribution in [0.25, 0.3) is 0 Å². The Labute approximate surface area is 204 Å². The fourth-order valence-electron chi connectivity index (χ4n) is 2.98. The summed E-state index contributed by atoms with van der Waals surface area (Å²) >= 11 is 1.67. The number of carbonyl (C=O) groups excluding carboxylic acids is 1. The number of hydrogen-bond acceptors (Lipinski definition) is 5. The molecular formula is C26H39N5OS. The zero-order valence-corrected chi connectivity index (χ0v) is 22.1. The van der Waals surface area contributed by atoms with Crippen molar-refractivity contribution >= 4 is 46.9 Å². The molecule has 2 amide bonds. The predicted molar refractivity (Wildman–Crippen MR) is 146 cm³/mol. The fourth-order valence-corrected chi connectivity index (χ4v) is 3.84. The second-order valence-corrected chi connectivity index (χ2v) is 10.5. The van der Waals surface area contributed by atoms with Crippen molar-refractivity contribution in [2.24, 2.45) is 10.4 Å². The topological polar surface area (TPSA) is 60.0 Å². The van der Waals surface area contributed by atoms with E-state index in [4.69, 9.17) is 4.99 Å². The smallest absolute Gasteiger partial charge is 0.319 e. The van der Waals surface area contributed by atoms with Crippen molar-refractivity contribution in [1.29, 1.82) is 0 Å². The first-order chi connectivity index (χ1) is 15.5. The minimum Gasteiger partial charge on any atom is -0.373 e. The Morgan fingerprint density at radius 2 is 1.76 bits per heavy atom. The van der Waals surface area contributed by atoms with Crippen LogP contribution in [0.1, 0.15) is 48.5 Å². The number of nitrogens with one attached hydrogen (secondary N) is 2. The molecule has 0 spiro atoms. The Morgan fingerprint density at radius 1 is 1.09 bits per heavy atom. The number of carbonyl (C=O) groups is 1. The molecule has 0 heterocycles. The third kappa shape index (κ3) is 8.65. The van der Waals surface area contributed by atoms with E-state index in [9.17, 15) is 4.79 Å². The van der Waals surface area contributed by atoms with Gasteiger partial charge in [0.2, 0.25) is 0 Å². The molecule has 0 unspecified atom stereocenters. The first-order valence-corrected chi connectivity index (χ1v) is 12.3. The molecule has 0 aliphatic rings. The molecule has 2 rings (SSSR count). The van der Waals surface area contributed by atoms with E-state index in [1.807, 2.05) is 44.3 Å². The van der Waals surface area contributed by atoms with E-state index in [-0.39, 0.29) is 17.5 Å². The zero-order valence-electron chi connectivity index (χ0n) is 21.3. The first kappa shape index (κ1) is 26.6. The Hall–Kier alpha value is -2.67. The lowest BCUT2D eigenvalue weighted by molar-refractivity contribution is 0.250. The van der Waals surface area contributed by atoms with Crippen molar-refractivity contribution < 1.29 is 4.79 Å². The van der Waals surface area contributed by atoms with E-state index in [1.54, 1.807) is 11.9 Å². The standard InChI is InChI=1S/C26H39N5OS/c1-9-30(8)24-16-13-21(17-23(24)27-18-26(5,6)7)31(10-2)33-22-14-11-20(12-15-22)29-25(32)28-19(3)4/h11-19H,9-10H2,1-8H3,(H2,28,29,32). The lowest BCUT2D eigenvalue weighted by Gasteiger charge is -2.25. The summed E-state index contributed by atoms with van der Waals surface area (Å²) < 4.78 is 2.25. The largest absolute Gasteiger partial charge is 0.373 e. The van der Waals surface area contributed by atoms with Crippen molar-refractivity contribution in [2.75, 3.05) is 34.7 Å². The number of anilines is 3. The van der Waals surface area contributed by atoms with Crippen molar-refractivity contribution in [2.45, 2.75) is 59.4 Å². The summed E-state index contributed by atoms with van der Waals surface area (Å²) in [5, 5.41) is 5.69. The van der Waals surface area contributed by atoms with E-state index in [0.29, 0.717) is 0 Å². The molecule has 2 N–H and O–H groups in total. The quantitative estimate of drug-likeness (QED) is 0.308. The average Bonchev–Trinajstić information content (AvgIpc) is 2.75. The molecule has 0 bridgehead atoms. The molecule has 6 nitrogen and oxygen atoms in total. The zero-order chi connectivity index (χ0) is 24.6. The maximum Gasteiger partial charge on any atom is 0.319 e. The monoisotopic (exact) mass is 469 g/mol. The van der Waals surface area contributed by atoms with Crippen LogP contribution in [-0.4, -0.2) is 38.4 Å². The molecular weight excluding hydrogens is 430 g/mol. The van der Waals surface area contributed by atoms with Crippen LogP contribution in [0, 0.1) is 5.41 Å². The van der Waals surface area contributed by atoms with Gasteiger partial charge in [-0.15, -0.1) is 0 Å². The van der Waals surface area contributed by atoms with Gasteiger partial charge in [0.25, 0.3) is 0 Å². The highest BCUT2D eigenvalue weighted by molar-refractivity contribution is 8.00. The van der Waals surface area contributed by atoms with Crippen LogP contribution in [-0.2, 0) is 0 Å². The van der Waals surface area contributed by atoms with Crippen LogP contribution in [0.2, 0.25) is 0 Å². The molecule has 0 radical (unpaired) electrons. The molecule has 2 aromatic carbocycles. The van der Waals surface area contributed by atoms with Gasteiger partial charge in [0, 0.05) is 48.7 Å². The Kier molecular flexibility index (Phi) is 9.65. The predicted octanol–water partition coefficient (Wildman–Crippen LogP) is 6.95. The van der Waals surface area contributed by atoms with Crippen LogP contribution in [0.4, 0.5) is 27.5 Å². The van der Waals surface area contributed by atoms with Crippen LogP contribution in [0.3, 0.4) is 0 Å². The Morgan fingerprint density at radius 3 is 2.30 bits per heavy atom. The third-order valence-electron chi connectivity index (χ3n) is 4.76. The minimum absolute atomic E-state index is 0.0130. The maximum absolute atomic E-state index is 11.9. The molecule has 0 aliphatic heterocycles. The molecule has 7 heteroatoms. The number of urea groups is 1. The van der Waals surface area contributed by atoms with Crippen LogP contribution >= 0.6 is 11.9 Å². The average molecular weight is 470 g/mol. The number of nitrogens with zero attached hydrogens (tertiary/aromatic N) is 3. The second-order valence-electron chi connectivity index (χ2n) is 9.37. The van der Waals surface area contributed by atoms with Gasteiger partial charge in [-0.25, -0.2) is 4.79 Å². The van der Waals surface area contributed by atoms with Gasteiger partial charge in [-0.2, -0.15) is 0 Å². The molecule has 33 heavy (non-hydrogen) atoms. The summed E-state index contributed by atoms with van der Waals surface area (Å²) in [5.41, 5.74) is 3.99. The van der Waals surface area contributed by atoms with Gasteiger partial charge in [-0.3, -0.25) is 4.99 Å². The van der Waals surface area contributed by atoms with Gasteiger partial charge in [0.1, 0.15) is 0 Å². The lowest BCUT2D eigenvalue weighted by atomic mass is 9.99. The number of benzene rings is 2. The summed E-state index contributed by atoms with van der Waals surface area (Å²) in [4.78, 5) is 20.1. The SMILES string of the molecule is CCN(C)c1ccc(N(CC)Sc2ccc(NC(=O)NC(C)C)cc2)cc1N=CC(C)(C)C. The van der Waals surface area contributed by atoms with Crippen molar-refractivity contribution in [1.82, 2.24) is 5.32 Å². The van der Waals surface area contributed by atoms with Crippen molar-refractivity contribution in [3.8, 4) is 0 Å². The van der Waals surface area contributed by atoms with Gasteiger partial charge >= 0.3 is 6.03 Å². The van der Waals surface area contributed by atoms with Crippen LogP contribution in [0.15, 0.2) is 52.4 Å². The van der Waals surface area contributed by atoms with Gasteiger partial charge < -0.3 is 19.8 Å². The first-order valence-electron chi connectivity index (χ1n) is 11.6. The minimum atomic E-state index is -0.193. The molecule has 0 saturated carbocycles. The summed E-state index contributed by atoms with van der Waals surface area (Å²) in [6, 6.07) is 14.3. The van der Waals surface area contributed by atoms with Crippen LogP contribution in [0.5, 0.6) is 0 Å². The molecule has 0 fully saturated rings. The molecule has 0 saturated heterocycles. The van der Waals surface area contributed by atoms with E-state index in [0.717, 1.165) is 40.7 Å². The van der Waals surface area contributed by atoms with Crippen molar-refractivity contribution in [3.05, 3.63) is 42.5 Å². The number of hydrogen-bond donors (Lipinski definition) is 2. The lowest BCUT2D eigenvalue weighted by Crippen LogP contribution is -2.34. The summed E-state index contributed by atoms with van der Waals surface area (Å²) in [6.45, 7) is 16.4. The highest BCUT2D eigenvalue weighted by Crippen LogP contribution is 2.36. The number of aliphatic imine (C=N–C) groups is 1. The Bertz CT molecular complexity index is 935. The normalized spacial score (nSPS) is 11.7. The third-order valence-corrected chi connectivity index (χ3v) is 5.93. The van der Waals surface area contributed by atoms with Crippen molar-refractivity contribution in [3.63, 3.8) is 0 Å². The molecule has 180 valence electrons. The van der Waals surface area contributed by atoms with E-state index >= 15 is 0 Å². The van der Waals surface area contributed by atoms with E-state index in [2.05, 4.69) is 79.7 Å². The Balaban J connectivity index is 2.22. The maximum atomic E-state index is 11.9. The second kappa shape index (κ2) is 12.0. The fraction of sp³-hybridized carbons (Fsp3) is 0.462. The van der Waals surface area contributed by atoms with Crippen LogP contribution < -0.4 is 19.8 Å². The van der Waals surface area contributed by atoms with E-state index in [1.165, 1.54) is 0 Å². The highest BCUT2D eigenvalue weighted by Gasteiger charge is 2.13. The molecule has 0 aromatic heterocycles. The summed E-state index contributed by atoms with van der Waals surface area (Å²) in [7, 11) is 2.09. The number of amides is 2. The number of rotatable bonds is 9. The summed E-state index contributed by atoms with van der Waals surface area (Å²) in [5.74, 6) is 0. The van der Waals surface area contributed by atoms with Gasteiger partial charge in [-0.1, -0.05) is 20.8 Å². The molecule has 2 aromatic rings. The van der Waals surface area contributed by atoms with Gasteiger partial charge in [0.15, 0.2) is 0 Å². The highest BCUT2D eigenvalue weighted by atomic mass is 32.2. The molecule has 0 aliphatic carbocycles. The summed E-state index contributed by atoms with van der Waals surface area (Å²) in [6.07, 6.45) is 2.02.